The zero-order valence-corrected chi connectivity index (χ0v) is 7.54. The predicted octanol–water partition coefficient (Wildman–Crippen LogP) is 0.848. The SMILES string of the molecule is COC(=O)C1=C[C@H](Cl)[C@@H](O)CC1. The Morgan fingerprint density at radius 1 is 1.83 bits per heavy atom. The molecule has 1 aliphatic carbocycles. The van der Waals surface area contributed by atoms with Crippen LogP contribution in [0.15, 0.2) is 11.6 Å². The van der Waals surface area contributed by atoms with Crippen molar-refractivity contribution in [3.8, 4) is 0 Å². The molecule has 0 saturated heterocycles. The molecule has 0 aromatic carbocycles. The number of hydrogen-bond donors (Lipinski definition) is 1. The maximum Gasteiger partial charge on any atom is 0.333 e. The number of rotatable bonds is 1. The highest BCUT2D eigenvalue weighted by atomic mass is 35.5. The van der Waals surface area contributed by atoms with E-state index in [0.29, 0.717) is 18.4 Å². The van der Waals surface area contributed by atoms with Crippen molar-refractivity contribution >= 4 is 17.6 Å². The van der Waals surface area contributed by atoms with E-state index in [2.05, 4.69) is 4.74 Å². The Morgan fingerprint density at radius 3 is 3.00 bits per heavy atom. The van der Waals surface area contributed by atoms with E-state index in [9.17, 15) is 9.90 Å². The Kier molecular flexibility index (Phi) is 3.12. The van der Waals surface area contributed by atoms with Crippen molar-refractivity contribution in [1.82, 2.24) is 0 Å². The molecule has 68 valence electrons. The van der Waals surface area contributed by atoms with E-state index in [4.69, 9.17) is 11.6 Å². The lowest BCUT2D eigenvalue weighted by molar-refractivity contribution is -0.136. The van der Waals surface area contributed by atoms with Gasteiger partial charge in [0.25, 0.3) is 0 Å². The zero-order valence-electron chi connectivity index (χ0n) is 6.79. The molecule has 0 saturated carbocycles. The van der Waals surface area contributed by atoms with Crippen molar-refractivity contribution < 1.29 is 14.6 Å². The quantitative estimate of drug-likeness (QED) is 0.493. The molecule has 0 spiro atoms. The topological polar surface area (TPSA) is 46.5 Å². The van der Waals surface area contributed by atoms with E-state index in [1.54, 1.807) is 6.08 Å². The van der Waals surface area contributed by atoms with Gasteiger partial charge >= 0.3 is 5.97 Å². The van der Waals surface area contributed by atoms with Crippen LogP contribution in [0.2, 0.25) is 0 Å². The van der Waals surface area contributed by atoms with Crippen molar-refractivity contribution in [2.75, 3.05) is 7.11 Å². The van der Waals surface area contributed by atoms with Gasteiger partial charge in [-0.25, -0.2) is 4.79 Å². The summed E-state index contributed by atoms with van der Waals surface area (Å²) < 4.78 is 4.53. The van der Waals surface area contributed by atoms with Crippen LogP contribution in [-0.2, 0) is 9.53 Å². The van der Waals surface area contributed by atoms with E-state index in [0.717, 1.165) is 0 Å². The Bertz CT molecular complexity index is 212. The Balaban J connectivity index is 2.68. The van der Waals surface area contributed by atoms with Gasteiger partial charge in [-0.3, -0.25) is 0 Å². The summed E-state index contributed by atoms with van der Waals surface area (Å²) in [5, 5.41) is 8.76. The third kappa shape index (κ3) is 1.99. The lowest BCUT2D eigenvalue weighted by atomic mass is 9.97. The minimum atomic E-state index is -0.542. The van der Waals surface area contributed by atoms with Crippen molar-refractivity contribution in [2.24, 2.45) is 0 Å². The Hall–Kier alpha value is -0.540. The van der Waals surface area contributed by atoms with E-state index in [-0.39, 0.29) is 5.97 Å². The first-order valence-electron chi connectivity index (χ1n) is 3.76. The molecule has 0 aliphatic heterocycles. The molecule has 0 amide bonds. The summed E-state index contributed by atoms with van der Waals surface area (Å²) in [4.78, 5) is 11.0. The fourth-order valence-corrected chi connectivity index (χ4v) is 1.43. The molecule has 4 heteroatoms. The second kappa shape index (κ2) is 3.92. The molecule has 0 heterocycles. The number of ether oxygens (including phenoxy) is 1. The number of carbonyl (C=O) groups excluding carboxylic acids is 1. The van der Waals surface area contributed by atoms with Crippen molar-refractivity contribution in [2.45, 2.75) is 24.3 Å². The van der Waals surface area contributed by atoms with Crippen LogP contribution in [0.25, 0.3) is 0 Å². The van der Waals surface area contributed by atoms with E-state index < -0.39 is 11.5 Å². The fraction of sp³-hybridized carbons (Fsp3) is 0.625. The first kappa shape index (κ1) is 9.55. The van der Waals surface area contributed by atoms with Crippen LogP contribution < -0.4 is 0 Å². The van der Waals surface area contributed by atoms with Crippen LogP contribution in [0, 0.1) is 0 Å². The molecule has 0 aromatic rings. The van der Waals surface area contributed by atoms with Crippen LogP contribution in [0.5, 0.6) is 0 Å². The third-order valence-corrected chi connectivity index (χ3v) is 2.30. The summed E-state index contributed by atoms with van der Waals surface area (Å²) in [5.41, 5.74) is 0.558. The molecule has 0 fully saturated rings. The molecule has 0 radical (unpaired) electrons. The summed E-state index contributed by atoms with van der Waals surface area (Å²) in [7, 11) is 1.33. The van der Waals surface area contributed by atoms with Gasteiger partial charge < -0.3 is 9.84 Å². The zero-order chi connectivity index (χ0) is 9.14. The normalized spacial score (nSPS) is 29.4. The molecular weight excluding hydrogens is 180 g/mol. The monoisotopic (exact) mass is 190 g/mol. The summed E-state index contributed by atoms with van der Waals surface area (Å²) in [6.45, 7) is 0. The van der Waals surface area contributed by atoms with Gasteiger partial charge in [0.05, 0.1) is 18.6 Å². The van der Waals surface area contributed by atoms with Crippen molar-refractivity contribution in [3.05, 3.63) is 11.6 Å². The highest BCUT2D eigenvalue weighted by Gasteiger charge is 2.23. The number of aliphatic hydroxyl groups is 1. The molecule has 0 unspecified atom stereocenters. The predicted molar refractivity (Wildman–Crippen MR) is 45.0 cm³/mol. The Labute approximate surface area is 76.0 Å². The molecule has 2 atom stereocenters. The number of esters is 1. The fourth-order valence-electron chi connectivity index (χ4n) is 1.15. The van der Waals surface area contributed by atoms with E-state index in [1.165, 1.54) is 7.11 Å². The van der Waals surface area contributed by atoms with Crippen LogP contribution in [0.3, 0.4) is 0 Å². The maximum atomic E-state index is 11.0. The lowest BCUT2D eigenvalue weighted by Crippen LogP contribution is -2.25. The number of alkyl halides is 1. The summed E-state index contributed by atoms with van der Waals surface area (Å²) in [6.07, 6.45) is 2.08. The number of hydrogen-bond acceptors (Lipinski definition) is 3. The minimum absolute atomic E-state index is 0.354. The molecular formula is C8H11ClO3. The van der Waals surface area contributed by atoms with Crippen molar-refractivity contribution in [3.63, 3.8) is 0 Å². The largest absolute Gasteiger partial charge is 0.466 e. The van der Waals surface area contributed by atoms with Crippen LogP contribution in [0.4, 0.5) is 0 Å². The molecule has 0 bridgehead atoms. The molecule has 1 N–H and O–H groups in total. The molecule has 12 heavy (non-hydrogen) atoms. The number of carbonyl (C=O) groups is 1. The van der Waals surface area contributed by atoms with Crippen LogP contribution >= 0.6 is 11.6 Å². The maximum absolute atomic E-state index is 11.0. The van der Waals surface area contributed by atoms with E-state index in [1.807, 2.05) is 0 Å². The average Bonchev–Trinajstić information content (AvgIpc) is 2.08. The highest BCUT2D eigenvalue weighted by Crippen LogP contribution is 2.22. The van der Waals surface area contributed by atoms with Crippen LogP contribution in [-0.4, -0.2) is 29.7 Å². The first-order chi connectivity index (χ1) is 5.65. The average molecular weight is 191 g/mol. The summed E-state index contributed by atoms with van der Waals surface area (Å²) in [6, 6.07) is 0. The standard InChI is InChI=1S/C8H11ClO3/c1-12-8(11)5-2-3-7(10)6(9)4-5/h4,6-7,10H,2-3H2,1H3/t6-,7-/m0/s1. The van der Waals surface area contributed by atoms with E-state index >= 15 is 0 Å². The lowest BCUT2D eigenvalue weighted by Gasteiger charge is -2.20. The van der Waals surface area contributed by atoms with Crippen molar-refractivity contribution in [1.29, 1.82) is 0 Å². The van der Waals surface area contributed by atoms with Gasteiger partial charge in [0.1, 0.15) is 0 Å². The second-order valence-electron chi connectivity index (χ2n) is 2.73. The number of halogens is 1. The van der Waals surface area contributed by atoms with Gasteiger partial charge in [-0.1, -0.05) is 6.08 Å². The van der Waals surface area contributed by atoms with Gasteiger partial charge in [0, 0.05) is 5.57 Å². The minimum Gasteiger partial charge on any atom is -0.466 e. The summed E-state index contributed by atoms with van der Waals surface area (Å²) >= 11 is 5.73. The number of aliphatic hydroxyl groups excluding tert-OH is 1. The smallest absolute Gasteiger partial charge is 0.333 e. The van der Waals surface area contributed by atoms with Gasteiger partial charge in [0.2, 0.25) is 0 Å². The van der Waals surface area contributed by atoms with Crippen LogP contribution in [0.1, 0.15) is 12.8 Å². The third-order valence-electron chi connectivity index (χ3n) is 1.89. The molecule has 3 nitrogen and oxygen atoms in total. The second-order valence-corrected chi connectivity index (χ2v) is 3.24. The molecule has 1 rings (SSSR count). The van der Waals surface area contributed by atoms with Gasteiger partial charge in [-0.05, 0) is 12.8 Å². The summed E-state index contributed by atoms with van der Waals surface area (Å²) in [5.74, 6) is -0.354. The van der Waals surface area contributed by atoms with Gasteiger partial charge in [0.15, 0.2) is 0 Å². The van der Waals surface area contributed by atoms with Gasteiger partial charge in [-0.2, -0.15) is 0 Å². The first-order valence-corrected chi connectivity index (χ1v) is 4.20. The highest BCUT2D eigenvalue weighted by molar-refractivity contribution is 6.22. The van der Waals surface area contributed by atoms with Gasteiger partial charge in [-0.15, -0.1) is 11.6 Å². The number of methoxy groups -OCH3 is 1. The molecule has 0 aromatic heterocycles. The molecule has 1 aliphatic rings. The Morgan fingerprint density at radius 2 is 2.50 bits per heavy atom.